The number of hydrogen-bond acceptors (Lipinski definition) is 1. The Morgan fingerprint density at radius 3 is 2.62 bits per heavy atom. The number of benzene rings is 2. The van der Waals surface area contributed by atoms with Crippen LogP contribution in [0.4, 0.5) is 0 Å². The van der Waals surface area contributed by atoms with E-state index < -0.39 is 0 Å². The van der Waals surface area contributed by atoms with Gasteiger partial charge in [0.2, 0.25) is 0 Å². The molecule has 1 heterocycles. The highest BCUT2D eigenvalue weighted by Crippen LogP contribution is 2.24. The monoisotopic (exact) mass is 210 g/mol. The van der Waals surface area contributed by atoms with Crippen LogP contribution < -0.4 is 0 Å². The lowest BCUT2D eigenvalue weighted by Crippen LogP contribution is -2.03. The second-order valence-electron chi connectivity index (χ2n) is 4.12. The predicted molar refractivity (Wildman–Crippen MR) is 67.4 cm³/mol. The molecule has 1 nitrogen and oxygen atoms in total. The number of ether oxygens (including phenoxy) is 1. The van der Waals surface area contributed by atoms with Crippen LogP contribution >= 0.6 is 0 Å². The molecule has 0 aromatic heterocycles. The molecule has 3 rings (SSSR count). The Morgan fingerprint density at radius 2 is 1.81 bits per heavy atom. The Kier molecular flexibility index (Phi) is 2.47. The molecule has 0 bridgehead atoms. The van der Waals surface area contributed by atoms with Crippen molar-refractivity contribution in [1.82, 2.24) is 0 Å². The summed E-state index contributed by atoms with van der Waals surface area (Å²) >= 11 is 0. The average molecular weight is 210 g/mol. The number of hydrogen-bond donors (Lipinski definition) is 0. The van der Waals surface area contributed by atoms with Crippen molar-refractivity contribution in [3.8, 4) is 0 Å². The lowest BCUT2D eigenvalue weighted by molar-refractivity contribution is 0.161. The maximum atomic E-state index is 5.33. The van der Waals surface area contributed by atoms with Gasteiger partial charge in [0, 0.05) is 0 Å². The van der Waals surface area contributed by atoms with Gasteiger partial charge in [0.25, 0.3) is 0 Å². The van der Waals surface area contributed by atoms with E-state index in [1.165, 1.54) is 21.9 Å². The highest BCUT2D eigenvalue weighted by atomic mass is 16.5. The van der Waals surface area contributed by atoms with E-state index in [1.807, 2.05) is 0 Å². The van der Waals surface area contributed by atoms with E-state index in [2.05, 4.69) is 48.5 Å². The van der Waals surface area contributed by atoms with Crippen molar-refractivity contribution in [2.24, 2.45) is 0 Å². The third-order valence-corrected chi connectivity index (χ3v) is 3.08. The minimum Gasteiger partial charge on any atom is -0.377 e. The van der Waals surface area contributed by atoms with Gasteiger partial charge in [0.1, 0.15) is 0 Å². The van der Waals surface area contributed by atoms with E-state index in [0.29, 0.717) is 0 Å². The van der Waals surface area contributed by atoms with Crippen LogP contribution in [0.3, 0.4) is 0 Å². The Labute approximate surface area is 95.4 Å². The number of rotatable bonds is 1. The molecule has 1 heteroatoms. The first kappa shape index (κ1) is 9.61. The topological polar surface area (TPSA) is 9.23 Å². The average Bonchev–Trinajstić information content (AvgIpc) is 2.39. The molecule has 0 amide bonds. The molecule has 0 aliphatic carbocycles. The fraction of sp³-hybridized carbons (Fsp3) is 0.200. The molecule has 80 valence electrons. The highest BCUT2D eigenvalue weighted by molar-refractivity contribution is 5.86. The summed E-state index contributed by atoms with van der Waals surface area (Å²) in [4.78, 5) is 0. The van der Waals surface area contributed by atoms with Gasteiger partial charge in [-0.3, -0.25) is 0 Å². The zero-order chi connectivity index (χ0) is 10.8. The van der Waals surface area contributed by atoms with E-state index in [0.717, 1.165) is 19.6 Å². The van der Waals surface area contributed by atoms with Gasteiger partial charge < -0.3 is 4.74 Å². The Morgan fingerprint density at radius 1 is 0.938 bits per heavy atom. The standard InChI is InChI=1S/C15H14O/c1-2-4-14-11-15(6-5-12(14)3-1)13-7-9-16-10-8-13/h1-7,11H,8-10H2. The van der Waals surface area contributed by atoms with Crippen LogP contribution in [0.15, 0.2) is 48.5 Å². The summed E-state index contributed by atoms with van der Waals surface area (Å²) < 4.78 is 5.33. The number of fused-ring (bicyclic) bond motifs is 1. The summed E-state index contributed by atoms with van der Waals surface area (Å²) in [7, 11) is 0. The summed E-state index contributed by atoms with van der Waals surface area (Å²) in [5.41, 5.74) is 2.75. The van der Waals surface area contributed by atoms with E-state index in [1.54, 1.807) is 0 Å². The maximum absolute atomic E-state index is 5.33. The van der Waals surface area contributed by atoms with Crippen LogP contribution in [-0.2, 0) is 4.74 Å². The van der Waals surface area contributed by atoms with Crippen molar-refractivity contribution < 1.29 is 4.74 Å². The third kappa shape index (κ3) is 1.74. The molecule has 0 atom stereocenters. The molecule has 0 radical (unpaired) electrons. The summed E-state index contributed by atoms with van der Waals surface area (Å²) in [6.07, 6.45) is 3.21. The molecule has 1 aliphatic heterocycles. The fourth-order valence-corrected chi connectivity index (χ4v) is 2.18. The van der Waals surface area contributed by atoms with Crippen molar-refractivity contribution in [3.63, 3.8) is 0 Å². The molecule has 0 unspecified atom stereocenters. The second kappa shape index (κ2) is 4.11. The van der Waals surface area contributed by atoms with E-state index in [4.69, 9.17) is 4.74 Å². The minimum absolute atomic E-state index is 0.752. The molecule has 0 saturated heterocycles. The summed E-state index contributed by atoms with van der Waals surface area (Å²) in [6, 6.07) is 15.2. The summed E-state index contributed by atoms with van der Waals surface area (Å²) in [5, 5.41) is 2.62. The first-order valence-electron chi connectivity index (χ1n) is 5.69. The smallest absolute Gasteiger partial charge is 0.0653 e. The molecule has 0 N–H and O–H groups in total. The first-order chi connectivity index (χ1) is 7.93. The summed E-state index contributed by atoms with van der Waals surface area (Å²) in [6.45, 7) is 1.60. The molecule has 1 aliphatic rings. The predicted octanol–water partition coefficient (Wildman–Crippen LogP) is 3.64. The molecular weight excluding hydrogens is 196 g/mol. The van der Waals surface area contributed by atoms with Crippen molar-refractivity contribution in [2.45, 2.75) is 6.42 Å². The third-order valence-electron chi connectivity index (χ3n) is 3.08. The van der Waals surface area contributed by atoms with E-state index >= 15 is 0 Å². The van der Waals surface area contributed by atoms with Crippen molar-refractivity contribution in [3.05, 3.63) is 54.1 Å². The van der Waals surface area contributed by atoms with Gasteiger partial charge >= 0.3 is 0 Å². The Bertz CT molecular complexity index is 540. The molecule has 0 spiro atoms. The zero-order valence-corrected chi connectivity index (χ0v) is 9.15. The Balaban J connectivity index is 2.07. The van der Waals surface area contributed by atoms with Crippen LogP contribution in [-0.4, -0.2) is 13.2 Å². The van der Waals surface area contributed by atoms with Crippen LogP contribution in [0.25, 0.3) is 16.3 Å². The van der Waals surface area contributed by atoms with Crippen LogP contribution in [0.1, 0.15) is 12.0 Å². The zero-order valence-electron chi connectivity index (χ0n) is 9.15. The van der Waals surface area contributed by atoms with Gasteiger partial charge in [-0.05, 0) is 34.4 Å². The molecule has 16 heavy (non-hydrogen) atoms. The Hall–Kier alpha value is -1.60. The van der Waals surface area contributed by atoms with Gasteiger partial charge in [-0.15, -0.1) is 0 Å². The van der Waals surface area contributed by atoms with Gasteiger partial charge in [0.05, 0.1) is 13.2 Å². The normalized spacial score (nSPS) is 16.1. The van der Waals surface area contributed by atoms with Crippen molar-refractivity contribution in [1.29, 1.82) is 0 Å². The highest BCUT2D eigenvalue weighted by Gasteiger charge is 2.06. The molecular formula is C15H14O. The van der Waals surface area contributed by atoms with Gasteiger partial charge in [-0.2, -0.15) is 0 Å². The lowest BCUT2D eigenvalue weighted by Gasteiger charge is -2.14. The largest absolute Gasteiger partial charge is 0.377 e. The molecule has 0 saturated carbocycles. The minimum atomic E-state index is 0.752. The van der Waals surface area contributed by atoms with Crippen molar-refractivity contribution >= 4 is 16.3 Å². The quantitative estimate of drug-likeness (QED) is 0.698. The van der Waals surface area contributed by atoms with Crippen LogP contribution in [0.5, 0.6) is 0 Å². The molecule has 0 fully saturated rings. The fourth-order valence-electron chi connectivity index (χ4n) is 2.18. The van der Waals surface area contributed by atoms with E-state index in [9.17, 15) is 0 Å². The second-order valence-corrected chi connectivity index (χ2v) is 4.12. The maximum Gasteiger partial charge on any atom is 0.0653 e. The van der Waals surface area contributed by atoms with Crippen molar-refractivity contribution in [2.75, 3.05) is 13.2 Å². The van der Waals surface area contributed by atoms with Gasteiger partial charge in [-0.25, -0.2) is 0 Å². The van der Waals surface area contributed by atoms with Crippen LogP contribution in [0.2, 0.25) is 0 Å². The summed E-state index contributed by atoms with van der Waals surface area (Å²) in [5.74, 6) is 0. The SMILES string of the molecule is C1=C(c2ccc3ccccc3c2)CCOC1. The van der Waals surface area contributed by atoms with Gasteiger partial charge in [0.15, 0.2) is 0 Å². The molecule has 2 aromatic carbocycles. The van der Waals surface area contributed by atoms with Crippen LogP contribution in [0, 0.1) is 0 Å². The van der Waals surface area contributed by atoms with E-state index in [-0.39, 0.29) is 0 Å². The lowest BCUT2D eigenvalue weighted by atomic mass is 9.98. The van der Waals surface area contributed by atoms with Gasteiger partial charge in [-0.1, -0.05) is 42.5 Å². The molecule has 2 aromatic rings. The first-order valence-corrected chi connectivity index (χ1v) is 5.69.